The van der Waals surface area contributed by atoms with E-state index < -0.39 is 10.0 Å². The molecule has 0 atom stereocenters. The van der Waals surface area contributed by atoms with Gasteiger partial charge in [0, 0.05) is 31.5 Å². The van der Waals surface area contributed by atoms with Crippen LogP contribution in [0.4, 0.5) is 0 Å². The van der Waals surface area contributed by atoms with Crippen LogP contribution < -0.4 is 10.5 Å². The van der Waals surface area contributed by atoms with E-state index in [0.717, 1.165) is 25.1 Å². The molecule has 21 heavy (non-hydrogen) atoms. The van der Waals surface area contributed by atoms with E-state index in [9.17, 15) is 8.42 Å². The Kier molecular flexibility index (Phi) is 5.17. The van der Waals surface area contributed by atoms with E-state index in [1.54, 1.807) is 12.1 Å². The van der Waals surface area contributed by atoms with E-state index in [1.165, 1.54) is 17.8 Å². The van der Waals surface area contributed by atoms with Crippen molar-refractivity contribution in [2.75, 3.05) is 0 Å². The first-order valence-electron chi connectivity index (χ1n) is 6.97. The molecule has 0 aliphatic rings. The van der Waals surface area contributed by atoms with E-state index in [4.69, 9.17) is 5.14 Å². The summed E-state index contributed by atoms with van der Waals surface area (Å²) in [4.78, 5) is 0.142. The SMILES string of the molecule is CCCn1cccc1CNCc1ccc(S(N)(=O)=O)cc1. The number of rotatable bonds is 7. The molecule has 0 unspecified atom stereocenters. The lowest BCUT2D eigenvalue weighted by Gasteiger charge is -2.09. The fraction of sp³-hybridized carbons (Fsp3) is 0.333. The Labute approximate surface area is 125 Å². The predicted octanol–water partition coefficient (Wildman–Crippen LogP) is 1.84. The third-order valence-electron chi connectivity index (χ3n) is 3.28. The molecule has 0 aliphatic heterocycles. The topological polar surface area (TPSA) is 77.1 Å². The summed E-state index contributed by atoms with van der Waals surface area (Å²) >= 11 is 0. The van der Waals surface area contributed by atoms with Gasteiger partial charge in [-0.2, -0.15) is 0 Å². The molecule has 3 N–H and O–H groups in total. The highest BCUT2D eigenvalue weighted by Crippen LogP contribution is 2.09. The number of aromatic nitrogens is 1. The number of hydrogen-bond acceptors (Lipinski definition) is 3. The van der Waals surface area contributed by atoms with E-state index in [-0.39, 0.29) is 4.90 Å². The lowest BCUT2D eigenvalue weighted by molar-refractivity contribution is 0.597. The molecular weight excluding hydrogens is 286 g/mol. The minimum absolute atomic E-state index is 0.142. The zero-order chi connectivity index (χ0) is 15.3. The standard InChI is InChI=1S/C15H21N3O2S/c1-2-9-18-10-3-4-14(18)12-17-11-13-5-7-15(8-6-13)21(16,19)20/h3-8,10,17H,2,9,11-12H2,1H3,(H2,16,19,20). The number of aryl methyl sites for hydroxylation is 1. The first kappa shape index (κ1) is 15.8. The van der Waals surface area contributed by atoms with Crippen molar-refractivity contribution in [1.82, 2.24) is 9.88 Å². The van der Waals surface area contributed by atoms with Crippen molar-refractivity contribution in [3.8, 4) is 0 Å². The molecule has 2 rings (SSSR count). The third-order valence-corrected chi connectivity index (χ3v) is 4.20. The molecule has 1 heterocycles. The van der Waals surface area contributed by atoms with Gasteiger partial charge in [-0.15, -0.1) is 0 Å². The smallest absolute Gasteiger partial charge is 0.238 e. The van der Waals surface area contributed by atoms with Crippen molar-refractivity contribution in [2.45, 2.75) is 37.9 Å². The number of primary sulfonamides is 1. The lowest BCUT2D eigenvalue weighted by atomic mass is 10.2. The summed E-state index contributed by atoms with van der Waals surface area (Å²) in [6.07, 6.45) is 3.19. The van der Waals surface area contributed by atoms with Gasteiger partial charge in [0.15, 0.2) is 0 Å². The van der Waals surface area contributed by atoms with Crippen LogP contribution in [0.25, 0.3) is 0 Å². The monoisotopic (exact) mass is 307 g/mol. The molecule has 0 fully saturated rings. The van der Waals surface area contributed by atoms with Gasteiger partial charge in [-0.1, -0.05) is 19.1 Å². The van der Waals surface area contributed by atoms with Crippen LogP contribution in [0.15, 0.2) is 47.5 Å². The van der Waals surface area contributed by atoms with Crippen LogP contribution in [0.1, 0.15) is 24.6 Å². The van der Waals surface area contributed by atoms with E-state index in [0.29, 0.717) is 6.54 Å². The highest BCUT2D eigenvalue weighted by atomic mass is 32.2. The fourth-order valence-corrected chi connectivity index (χ4v) is 2.72. The lowest BCUT2D eigenvalue weighted by Crippen LogP contribution is -2.16. The summed E-state index contributed by atoms with van der Waals surface area (Å²) in [5, 5.41) is 8.43. The van der Waals surface area contributed by atoms with Gasteiger partial charge in [0.05, 0.1) is 4.90 Å². The molecule has 2 aromatic rings. The van der Waals surface area contributed by atoms with Crippen molar-refractivity contribution in [2.24, 2.45) is 5.14 Å². The minimum atomic E-state index is -3.61. The van der Waals surface area contributed by atoms with E-state index in [2.05, 4.69) is 29.1 Å². The van der Waals surface area contributed by atoms with Crippen molar-refractivity contribution in [3.05, 3.63) is 53.9 Å². The molecule has 1 aromatic heterocycles. The normalized spacial score (nSPS) is 11.7. The number of nitrogens with zero attached hydrogens (tertiary/aromatic N) is 1. The van der Waals surface area contributed by atoms with Crippen LogP contribution in [0, 0.1) is 0 Å². The second kappa shape index (κ2) is 6.89. The highest BCUT2D eigenvalue weighted by molar-refractivity contribution is 7.89. The maximum atomic E-state index is 11.2. The molecule has 0 radical (unpaired) electrons. The average molecular weight is 307 g/mol. The number of nitrogens with two attached hydrogens (primary N) is 1. The maximum absolute atomic E-state index is 11.2. The fourth-order valence-electron chi connectivity index (χ4n) is 2.20. The summed E-state index contributed by atoms with van der Waals surface area (Å²) < 4.78 is 24.6. The van der Waals surface area contributed by atoms with Crippen molar-refractivity contribution in [3.63, 3.8) is 0 Å². The van der Waals surface area contributed by atoms with Crippen molar-refractivity contribution >= 4 is 10.0 Å². The highest BCUT2D eigenvalue weighted by Gasteiger charge is 2.06. The molecule has 5 nitrogen and oxygen atoms in total. The van der Waals surface area contributed by atoms with Crippen LogP contribution in [-0.2, 0) is 29.7 Å². The van der Waals surface area contributed by atoms with Crippen LogP contribution in [0.2, 0.25) is 0 Å². The van der Waals surface area contributed by atoms with Crippen LogP contribution in [0.5, 0.6) is 0 Å². The summed E-state index contributed by atoms with van der Waals surface area (Å²) in [5.41, 5.74) is 2.27. The predicted molar refractivity (Wildman–Crippen MR) is 83.1 cm³/mol. The summed E-state index contributed by atoms with van der Waals surface area (Å²) in [7, 11) is -3.61. The van der Waals surface area contributed by atoms with E-state index >= 15 is 0 Å². The molecular formula is C15H21N3O2S. The number of benzene rings is 1. The second-order valence-corrected chi connectivity index (χ2v) is 6.55. The van der Waals surface area contributed by atoms with Gasteiger partial charge in [-0.25, -0.2) is 13.6 Å². The molecule has 0 aliphatic carbocycles. The Morgan fingerprint density at radius 1 is 1.14 bits per heavy atom. The van der Waals surface area contributed by atoms with Crippen molar-refractivity contribution < 1.29 is 8.42 Å². The summed E-state index contributed by atoms with van der Waals surface area (Å²) in [5.74, 6) is 0. The van der Waals surface area contributed by atoms with Crippen LogP contribution >= 0.6 is 0 Å². The first-order chi connectivity index (χ1) is 10.0. The molecule has 114 valence electrons. The minimum Gasteiger partial charge on any atom is -0.350 e. The molecule has 0 spiro atoms. The first-order valence-corrected chi connectivity index (χ1v) is 8.52. The van der Waals surface area contributed by atoms with Gasteiger partial charge in [-0.3, -0.25) is 0 Å². The van der Waals surface area contributed by atoms with Crippen LogP contribution in [-0.4, -0.2) is 13.0 Å². The maximum Gasteiger partial charge on any atom is 0.238 e. The Morgan fingerprint density at radius 2 is 1.86 bits per heavy atom. The van der Waals surface area contributed by atoms with E-state index in [1.807, 2.05) is 6.07 Å². The Hall–Kier alpha value is -1.63. The zero-order valence-corrected chi connectivity index (χ0v) is 12.9. The Balaban J connectivity index is 1.90. The number of nitrogens with one attached hydrogen (secondary N) is 1. The third kappa shape index (κ3) is 4.42. The molecule has 1 aromatic carbocycles. The molecule has 0 bridgehead atoms. The molecule has 0 saturated carbocycles. The van der Waals surface area contributed by atoms with Gasteiger partial charge in [0.25, 0.3) is 0 Å². The van der Waals surface area contributed by atoms with Gasteiger partial charge >= 0.3 is 0 Å². The summed E-state index contributed by atoms with van der Waals surface area (Å²) in [6, 6.07) is 10.8. The van der Waals surface area contributed by atoms with Gasteiger partial charge in [0.1, 0.15) is 0 Å². The largest absolute Gasteiger partial charge is 0.350 e. The van der Waals surface area contributed by atoms with Gasteiger partial charge in [0.2, 0.25) is 10.0 Å². The zero-order valence-electron chi connectivity index (χ0n) is 12.1. The average Bonchev–Trinajstić information content (AvgIpc) is 2.86. The Bertz CT molecular complexity index is 675. The second-order valence-electron chi connectivity index (χ2n) is 4.99. The molecule has 0 amide bonds. The van der Waals surface area contributed by atoms with Crippen LogP contribution in [0.3, 0.4) is 0 Å². The number of hydrogen-bond donors (Lipinski definition) is 2. The molecule has 0 saturated heterocycles. The summed E-state index contributed by atoms with van der Waals surface area (Å²) in [6.45, 7) is 4.64. The van der Waals surface area contributed by atoms with Gasteiger partial charge in [-0.05, 0) is 36.2 Å². The Morgan fingerprint density at radius 3 is 2.48 bits per heavy atom. The van der Waals surface area contributed by atoms with Crippen molar-refractivity contribution in [1.29, 1.82) is 0 Å². The molecule has 6 heteroatoms. The quantitative estimate of drug-likeness (QED) is 0.819. The van der Waals surface area contributed by atoms with Gasteiger partial charge < -0.3 is 9.88 Å². The number of sulfonamides is 1.